The smallest absolute Gasteiger partial charge is 0.151 e. The highest BCUT2D eigenvalue weighted by Crippen LogP contribution is 2.27. The lowest BCUT2D eigenvalue weighted by Gasteiger charge is -2.32. The van der Waals surface area contributed by atoms with Crippen molar-refractivity contribution in [2.75, 3.05) is 6.61 Å². The summed E-state index contributed by atoms with van der Waals surface area (Å²) >= 11 is 0. The molecule has 0 aromatic carbocycles. The first-order chi connectivity index (χ1) is 5.83. The van der Waals surface area contributed by atoms with E-state index in [4.69, 9.17) is 4.74 Å². The Morgan fingerprint density at radius 1 is 1.50 bits per heavy atom. The molecule has 1 atom stereocenters. The van der Waals surface area contributed by atoms with Crippen molar-refractivity contribution in [1.29, 1.82) is 0 Å². The van der Waals surface area contributed by atoms with Gasteiger partial charge in [0.25, 0.3) is 0 Å². The molecule has 0 saturated carbocycles. The molecule has 0 aromatic heterocycles. The normalized spacial score (nSPS) is 30.1. The van der Waals surface area contributed by atoms with Gasteiger partial charge in [-0.05, 0) is 25.7 Å². The van der Waals surface area contributed by atoms with Crippen LogP contribution in [0.15, 0.2) is 0 Å². The number of aldehydes is 1. The molecule has 1 rings (SSSR count). The Morgan fingerprint density at radius 2 is 2.33 bits per heavy atom. The minimum atomic E-state index is -0.408. The molecule has 0 N–H and O–H groups in total. The third-order valence-corrected chi connectivity index (χ3v) is 2.55. The highest BCUT2D eigenvalue weighted by atomic mass is 16.5. The van der Waals surface area contributed by atoms with Gasteiger partial charge in [0.05, 0.1) is 0 Å². The summed E-state index contributed by atoms with van der Waals surface area (Å²) in [7, 11) is 0. The van der Waals surface area contributed by atoms with Gasteiger partial charge in [-0.1, -0.05) is 19.8 Å². The Balaban J connectivity index is 2.42. The van der Waals surface area contributed by atoms with Gasteiger partial charge in [-0.3, -0.25) is 0 Å². The first-order valence-electron chi connectivity index (χ1n) is 4.93. The van der Waals surface area contributed by atoms with E-state index in [9.17, 15) is 4.79 Å². The molecule has 1 aliphatic heterocycles. The van der Waals surface area contributed by atoms with Gasteiger partial charge in [0.1, 0.15) is 5.60 Å². The molecular weight excluding hydrogens is 152 g/mol. The van der Waals surface area contributed by atoms with Gasteiger partial charge in [-0.15, -0.1) is 0 Å². The molecule has 0 amide bonds. The molecule has 1 aliphatic rings. The fourth-order valence-corrected chi connectivity index (χ4v) is 1.70. The number of unbranched alkanes of at least 4 members (excludes halogenated alkanes) is 1. The topological polar surface area (TPSA) is 26.3 Å². The summed E-state index contributed by atoms with van der Waals surface area (Å²) in [5.74, 6) is 0. The number of carbonyl (C=O) groups is 1. The van der Waals surface area contributed by atoms with Gasteiger partial charge in [-0.2, -0.15) is 0 Å². The molecule has 0 aliphatic carbocycles. The van der Waals surface area contributed by atoms with Crippen molar-refractivity contribution in [3.05, 3.63) is 0 Å². The van der Waals surface area contributed by atoms with E-state index in [0.717, 1.165) is 51.4 Å². The zero-order chi connectivity index (χ0) is 8.86. The summed E-state index contributed by atoms with van der Waals surface area (Å²) in [6, 6.07) is 0. The van der Waals surface area contributed by atoms with E-state index in [0.29, 0.717) is 0 Å². The van der Waals surface area contributed by atoms with E-state index in [-0.39, 0.29) is 0 Å². The zero-order valence-electron chi connectivity index (χ0n) is 7.84. The van der Waals surface area contributed by atoms with Gasteiger partial charge < -0.3 is 9.53 Å². The second-order valence-corrected chi connectivity index (χ2v) is 3.59. The highest BCUT2D eigenvalue weighted by Gasteiger charge is 2.31. The SMILES string of the molecule is CCCCC1(C=O)CCCCO1. The Morgan fingerprint density at radius 3 is 2.83 bits per heavy atom. The van der Waals surface area contributed by atoms with Crippen molar-refractivity contribution in [3.63, 3.8) is 0 Å². The van der Waals surface area contributed by atoms with Crippen LogP contribution in [0.4, 0.5) is 0 Å². The van der Waals surface area contributed by atoms with Crippen LogP contribution in [0.2, 0.25) is 0 Å². The van der Waals surface area contributed by atoms with E-state index in [1.165, 1.54) is 0 Å². The lowest BCUT2D eigenvalue weighted by molar-refractivity contribution is -0.139. The molecule has 70 valence electrons. The molecule has 2 nitrogen and oxygen atoms in total. The van der Waals surface area contributed by atoms with Gasteiger partial charge in [0, 0.05) is 6.61 Å². The standard InChI is InChI=1S/C10H18O2/c1-2-3-6-10(9-11)7-4-5-8-12-10/h9H,2-8H2,1H3. The van der Waals surface area contributed by atoms with Gasteiger partial charge in [0.2, 0.25) is 0 Å². The third kappa shape index (κ3) is 2.31. The van der Waals surface area contributed by atoms with Crippen LogP contribution in [0.1, 0.15) is 45.4 Å². The Labute approximate surface area is 74.3 Å². The predicted molar refractivity (Wildman–Crippen MR) is 48.1 cm³/mol. The Kier molecular flexibility index (Phi) is 3.73. The number of hydrogen-bond donors (Lipinski definition) is 0. The predicted octanol–water partition coefficient (Wildman–Crippen LogP) is 2.31. The molecule has 2 heteroatoms. The Bertz CT molecular complexity index is 137. The van der Waals surface area contributed by atoms with Crippen molar-refractivity contribution < 1.29 is 9.53 Å². The average Bonchev–Trinajstić information content (AvgIpc) is 2.16. The molecule has 0 spiro atoms. The van der Waals surface area contributed by atoms with E-state index in [1.807, 2.05) is 0 Å². The fraction of sp³-hybridized carbons (Fsp3) is 0.900. The number of carbonyl (C=O) groups excluding carboxylic acids is 1. The van der Waals surface area contributed by atoms with Crippen LogP contribution in [0, 0.1) is 0 Å². The molecule has 12 heavy (non-hydrogen) atoms. The molecule has 0 aromatic rings. The quantitative estimate of drug-likeness (QED) is 0.605. The molecule has 1 fully saturated rings. The van der Waals surface area contributed by atoms with Crippen LogP contribution < -0.4 is 0 Å². The average molecular weight is 170 g/mol. The second kappa shape index (κ2) is 4.61. The van der Waals surface area contributed by atoms with Crippen molar-refractivity contribution in [1.82, 2.24) is 0 Å². The van der Waals surface area contributed by atoms with Crippen LogP contribution in [0.25, 0.3) is 0 Å². The summed E-state index contributed by atoms with van der Waals surface area (Å²) in [4.78, 5) is 10.9. The first-order valence-corrected chi connectivity index (χ1v) is 4.93. The Hall–Kier alpha value is -0.370. The highest BCUT2D eigenvalue weighted by molar-refractivity contribution is 5.62. The van der Waals surface area contributed by atoms with Crippen LogP contribution in [0.3, 0.4) is 0 Å². The minimum absolute atomic E-state index is 0.408. The summed E-state index contributed by atoms with van der Waals surface area (Å²) in [6.07, 6.45) is 7.34. The number of ether oxygens (including phenoxy) is 1. The van der Waals surface area contributed by atoms with Crippen LogP contribution >= 0.6 is 0 Å². The largest absolute Gasteiger partial charge is 0.368 e. The van der Waals surface area contributed by atoms with Gasteiger partial charge in [-0.25, -0.2) is 0 Å². The van der Waals surface area contributed by atoms with E-state index in [2.05, 4.69) is 6.92 Å². The van der Waals surface area contributed by atoms with Crippen LogP contribution in [-0.2, 0) is 9.53 Å². The van der Waals surface area contributed by atoms with Gasteiger partial charge in [0.15, 0.2) is 6.29 Å². The van der Waals surface area contributed by atoms with Crippen molar-refractivity contribution in [3.8, 4) is 0 Å². The van der Waals surface area contributed by atoms with Gasteiger partial charge >= 0.3 is 0 Å². The molecule has 0 radical (unpaired) electrons. The first kappa shape index (κ1) is 9.72. The minimum Gasteiger partial charge on any atom is -0.368 e. The van der Waals surface area contributed by atoms with E-state index in [1.54, 1.807) is 0 Å². The molecule has 1 heterocycles. The molecule has 0 bridgehead atoms. The summed E-state index contributed by atoms with van der Waals surface area (Å²) in [6.45, 7) is 2.91. The maximum Gasteiger partial charge on any atom is 0.151 e. The van der Waals surface area contributed by atoms with Crippen molar-refractivity contribution >= 4 is 6.29 Å². The summed E-state index contributed by atoms with van der Waals surface area (Å²) in [5, 5.41) is 0. The van der Waals surface area contributed by atoms with Crippen molar-refractivity contribution in [2.24, 2.45) is 0 Å². The number of rotatable bonds is 4. The molecular formula is C10H18O2. The van der Waals surface area contributed by atoms with E-state index < -0.39 is 5.60 Å². The lowest BCUT2D eigenvalue weighted by Crippen LogP contribution is -2.37. The molecule has 1 unspecified atom stereocenters. The van der Waals surface area contributed by atoms with E-state index >= 15 is 0 Å². The summed E-state index contributed by atoms with van der Waals surface area (Å²) < 4.78 is 5.55. The second-order valence-electron chi connectivity index (χ2n) is 3.59. The number of hydrogen-bond acceptors (Lipinski definition) is 2. The fourth-order valence-electron chi connectivity index (χ4n) is 1.70. The maximum atomic E-state index is 10.9. The summed E-state index contributed by atoms with van der Waals surface area (Å²) in [5.41, 5.74) is -0.408. The monoisotopic (exact) mass is 170 g/mol. The zero-order valence-corrected chi connectivity index (χ0v) is 7.84. The third-order valence-electron chi connectivity index (χ3n) is 2.55. The lowest BCUT2D eigenvalue weighted by atomic mass is 9.90. The van der Waals surface area contributed by atoms with Crippen molar-refractivity contribution in [2.45, 2.75) is 51.0 Å². The maximum absolute atomic E-state index is 10.9. The van der Waals surface area contributed by atoms with Crippen LogP contribution in [-0.4, -0.2) is 18.5 Å². The van der Waals surface area contributed by atoms with Crippen LogP contribution in [0.5, 0.6) is 0 Å². The molecule has 1 saturated heterocycles.